The molecule has 1 fully saturated rings. The van der Waals surface area contributed by atoms with Gasteiger partial charge in [-0.15, -0.1) is 0 Å². The Bertz CT molecular complexity index is 763. The topological polar surface area (TPSA) is 56.8 Å². The SMILES string of the molecule is COc1ccc(N2CCN(CCNC(=O)Nc3cc(C)cc(C)c3)CC2)cc1. The zero-order valence-corrected chi connectivity index (χ0v) is 17.0. The highest BCUT2D eigenvalue weighted by molar-refractivity contribution is 5.89. The largest absolute Gasteiger partial charge is 0.497 e. The first-order valence-electron chi connectivity index (χ1n) is 9.78. The molecular formula is C22H30N4O2. The summed E-state index contributed by atoms with van der Waals surface area (Å²) in [5.74, 6) is 0.882. The summed E-state index contributed by atoms with van der Waals surface area (Å²) in [7, 11) is 1.68. The normalized spacial score (nSPS) is 14.6. The minimum Gasteiger partial charge on any atom is -0.497 e. The van der Waals surface area contributed by atoms with E-state index >= 15 is 0 Å². The van der Waals surface area contributed by atoms with Crippen LogP contribution in [0.1, 0.15) is 11.1 Å². The lowest BCUT2D eigenvalue weighted by Crippen LogP contribution is -2.48. The summed E-state index contributed by atoms with van der Waals surface area (Å²) in [6.07, 6.45) is 0. The van der Waals surface area contributed by atoms with Gasteiger partial charge in [0.2, 0.25) is 0 Å². The van der Waals surface area contributed by atoms with E-state index in [9.17, 15) is 4.79 Å². The van der Waals surface area contributed by atoms with Gasteiger partial charge in [0, 0.05) is 50.6 Å². The van der Waals surface area contributed by atoms with Crippen LogP contribution in [0.3, 0.4) is 0 Å². The van der Waals surface area contributed by atoms with Crippen molar-refractivity contribution in [1.82, 2.24) is 10.2 Å². The van der Waals surface area contributed by atoms with E-state index in [1.165, 1.54) is 5.69 Å². The fourth-order valence-corrected chi connectivity index (χ4v) is 3.57. The van der Waals surface area contributed by atoms with E-state index in [1.807, 2.05) is 38.1 Å². The molecule has 1 aliphatic heterocycles. The number of hydrogen-bond donors (Lipinski definition) is 2. The number of ether oxygens (including phenoxy) is 1. The maximum absolute atomic E-state index is 12.1. The number of methoxy groups -OCH3 is 1. The van der Waals surface area contributed by atoms with Crippen LogP contribution in [0.25, 0.3) is 0 Å². The molecule has 1 saturated heterocycles. The van der Waals surface area contributed by atoms with Crippen LogP contribution in [0.4, 0.5) is 16.2 Å². The van der Waals surface area contributed by atoms with Crippen molar-refractivity contribution in [2.24, 2.45) is 0 Å². The maximum Gasteiger partial charge on any atom is 0.319 e. The number of aryl methyl sites for hydroxylation is 2. The molecule has 0 spiro atoms. The number of benzene rings is 2. The van der Waals surface area contributed by atoms with Gasteiger partial charge in [-0.2, -0.15) is 0 Å². The molecule has 2 N–H and O–H groups in total. The number of piperazine rings is 1. The van der Waals surface area contributed by atoms with Gasteiger partial charge in [-0.1, -0.05) is 6.07 Å². The summed E-state index contributed by atoms with van der Waals surface area (Å²) in [6.45, 7) is 9.51. The molecule has 0 unspecified atom stereocenters. The van der Waals surface area contributed by atoms with Gasteiger partial charge in [0.15, 0.2) is 0 Å². The Balaban J connectivity index is 1.37. The van der Waals surface area contributed by atoms with E-state index in [0.717, 1.165) is 55.3 Å². The second-order valence-corrected chi connectivity index (χ2v) is 7.28. The first kappa shape index (κ1) is 20.0. The third kappa shape index (κ3) is 5.63. The number of rotatable bonds is 6. The molecule has 6 heteroatoms. The summed E-state index contributed by atoms with van der Waals surface area (Å²) in [5, 5.41) is 5.87. The number of urea groups is 1. The molecular weight excluding hydrogens is 352 g/mol. The van der Waals surface area contributed by atoms with Crippen LogP contribution in [0.15, 0.2) is 42.5 Å². The molecule has 28 heavy (non-hydrogen) atoms. The molecule has 0 aromatic heterocycles. The fraction of sp³-hybridized carbons (Fsp3) is 0.409. The molecule has 150 valence electrons. The molecule has 0 bridgehead atoms. The van der Waals surface area contributed by atoms with Crippen molar-refractivity contribution < 1.29 is 9.53 Å². The molecule has 1 heterocycles. The zero-order chi connectivity index (χ0) is 19.9. The first-order chi connectivity index (χ1) is 13.5. The zero-order valence-electron chi connectivity index (χ0n) is 17.0. The molecule has 3 rings (SSSR count). The molecule has 6 nitrogen and oxygen atoms in total. The van der Waals surface area contributed by atoms with E-state index in [0.29, 0.717) is 6.54 Å². The highest BCUT2D eigenvalue weighted by atomic mass is 16.5. The molecule has 0 radical (unpaired) electrons. The third-order valence-corrected chi connectivity index (χ3v) is 5.00. The van der Waals surface area contributed by atoms with Crippen LogP contribution < -0.4 is 20.3 Å². The van der Waals surface area contributed by atoms with E-state index < -0.39 is 0 Å². The van der Waals surface area contributed by atoms with E-state index in [-0.39, 0.29) is 6.03 Å². The summed E-state index contributed by atoms with van der Waals surface area (Å²) in [6, 6.07) is 14.1. The van der Waals surface area contributed by atoms with Crippen LogP contribution in [0.2, 0.25) is 0 Å². The van der Waals surface area contributed by atoms with Gasteiger partial charge in [-0.25, -0.2) is 4.79 Å². The summed E-state index contributed by atoms with van der Waals surface area (Å²) in [4.78, 5) is 16.9. The lowest BCUT2D eigenvalue weighted by molar-refractivity contribution is 0.240. The fourth-order valence-electron chi connectivity index (χ4n) is 3.57. The average Bonchev–Trinajstić information content (AvgIpc) is 2.68. The van der Waals surface area contributed by atoms with Crippen molar-refractivity contribution in [1.29, 1.82) is 0 Å². The number of anilines is 2. The summed E-state index contributed by atoms with van der Waals surface area (Å²) >= 11 is 0. The Morgan fingerprint density at radius 2 is 1.64 bits per heavy atom. The van der Waals surface area contributed by atoms with Gasteiger partial charge < -0.3 is 20.3 Å². The van der Waals surface area contributed by atoms with Gasteiger partial charge in [0.1, 0.15) is 5.75 Å². The van der Waals surface area contributed by atoms with Gasteiger partial charge >= 0.3 is 6.03 Å². The second-order valence-electron chi connectivity index (χ2n) is 7.28. The van der Waals surface area contributed by atoms with Gasteiger partial charge in [0.05, 0.1) is 7.11 Å². The number of nitrogens with one attached hydrogen (secondary N) is 2. The Kier molecular flexibility index (Phi) is 6.76. The van der Waals surface area contributed by atoms with Crippen LogP contribution in [-0.2, 0) is 0 Å². The van der Waals surface area contributed by atoms with E-state index in [1.54, 1.807) is 7.11 Å². The standard InChI is InChI=1S/C22H30N4O2/c1-17-14-18(2)16-19(15-17)24-22(27)23-8-9-25-10-12-26(13-11-25)20-4-6-21(28-3)7-5-20/h4-7,14-16H,8-13H2,1-3H3,(H2,23,24,27). The molecule has 2 amide bonds. The molecule has 0 atom stereocenters. The van der Waals surface area contributed by atoms with Gasteiger partial charge in [-0.3, -0.25) is 4.90 Å². The highest BCUT2D eigenvalue weighted by Crippen LogP contribution is 2.20. The van der Waals surface area contributed by atoms with Crippen LogP contribution >= 0.6 is 0 Å². The van der Waals surface area contributed by atoms with Gasteiger partial charge in [0.25, 0.3) is 0 Å². The summed E-state index contributed by atoms with van der Waals surface area (Å²) in [5.41, 5.74) is 4.35. The number of carbonyl (C=O) groups excluding carboxylic acids is 1. The summed E-state index contributed by atoms with van der Waals surface area (Å²) < 4.78 is 5.22. The Morgan fingerprint density at radius 1 is 1.00 bits per heavy atom. The lowest BCUT2D eigenvalue weighted by Gasteiger charge is -2.36. The van der Waals surface area contributed by atoms with Gasteiger partial charge in [-0.05, 0) is 61.4 Å². The van der Waals surface area contributed by atoms with E-state index in [2.05, 4.69) is 38.6 Å². The third-order valence-electron chi connectivity index (χ3n) is 5.00. The molecule has 1 aliphatic rings. The van der Waals surface area contributed by atoms with Crippen molar-refractivity contribution in [2.75, 3.05) is 56.6 Å². The van der Waals surface area contributed by atoms with Crippen molar-refractivity contribution in [3.8, 4) is 5.75 Å². The van der Waals surface area contributed by atoms with Crippen molar-refractivity contribution in [3.63, 3.8) is 0 Å². The van der Waals surface area contributed by atoms with Crippen molar-refractivity contribution in [2.45, 2.75) is 13.8 Å². The predicted molar refractivity (Wildman–Crippen MR) is 115 cm³/mol. The smallest absolute Gasteiger partial charge is 0.319 e. The number of amides is 2. The van der Waals surface area contributed by atoms with Crippen molar-refractivity contribution >= 4 is 17.4 Å². The monoisotopic (exact) mass is 382 g/mol. The lowest BCUT2D eigenvalue weighted by atomic mass is 10.1. The number of nitrogens with zero attached hydrogens (tertiary/aromatic N) is 2. The van der Waals surface area contributed by atoms with Crippen molar-refractivity contribution in [3.05, 3.63) is 53.6 Å². The maximum atomic E-state index is 12.1. The Labute approximate surface area is 167 Å². The molecule has 2 aromatic rings. The first-order valence-corrected chi connectivity index (χ1v) is 9.78. The number of carbonyl (C=O) groups is 1. The minimum atomic E-state index is -0.151. The average molecular weight is 383 g/mol. The van der Waals surface area contributed by atoms with Crippen LogP contribution in [0.5, 0.6) is 5.75 Å². The second kappa shape index (κ2) is 9.46. The molecule has 0 aliphatic carbocycles. The molecule has 0 saturated carbocycles. The van der Waals surface area contributed by atoms with Crippen LogP contribution in [-0.4, -0.2) is 57.3 Å². The van der Waals surface area contributed by atoms with Crippen LogP contribution in [0, 0.1) is 13.8 Å². The highest BCUT2D eigenvalue weighted by Gasteiger charge is 2.17. The Morgan fingerprint density at radius 3 is 2.25 bits per heavy atom. The molecule has 2 aromatic carbocycles. The van der Waals surface area contributed by atoms with E-state index in [4.69, 9.17) is 4.74 Å². The number of hydrogen-bond acceptors (Lipinski definition) is 4. The predicted octanol–water partition coefficient (Wildman–Crippen LogP) is 3.26. The Hall–Kier alpha value is -2.73. The quantitative estimate of drug-likeness (QED) is 0.805. The minimum absolute atomic E-state index is 0.151.